The summed E-state index contributed by atoms with van der Waals surface area (Å²) in [6.07, 6.45) is 1.96. The Hall–Kier alpha value is -1.09. The zero-order chi connectivity index (χ0) is 9.10. The number of rotatable bonds is 1. The van der Waals surface area contributed by atoms with Crippen LogP contribution in [0.1, 0.15) is 5.69 Å². The molecule has 1 N–H and O–H groups in total. The number of pyridine rings is 1. The van der Waals surface area contributed by atoms with Gasteiger partial charge in [0.05, 0.1) is 11.9 Å². The van der Waals surface area contributed by atoms with Gasteiger partial charge in [-0.2, -0.15) is 0 Å². The Labute approximate surface area is 78.8 Å². The number of piperazine rings is 1. The van der Waals surface area contributed by atoms with Crippen LogP contribution in [0.15, 0.2) is 18.3 Å². The third-order valence-electron chi connectivity index (χ3n) is 2.38. The topological polar surface area (TPSA) is 28.2 Å². The normalized spacial score (nSPS) is 17.5. The molecule has 0 aliphatic carbocycles. The van der Waals surface area contributed by atoms with E-state index in [9.17, 15) is 0 Å². The average molecular weight is 177 g/mol. The van der Waals surface area contributed by atoms with Crippen molar-refractivity contribution in [1.82, 2.24) is 10.3 Å². The summed E-state index contributed by atoms with van der Waals surface area (Å²) >= 11 is 0. The number of nitrogens with zero attached hydrogens (tertiary/aromatic N) is 2. The molecule has 0 radical (unpaired) electrons. The van der Waals surface area contributed by atoms with E-state index in [1.807, 2.05) is 13.1 Å². The van der Waals surface area contributed by atoms with E-state index in [4.69, 9.17) is 0 Å². The molecule has 0 bridgehead atoms. The lowest BCUT2D eigenvalue weighted by atomic mass is 10.3. The smallest absolute Gasteiger partial charge is 0.0553 e. The molecular weight excluding hydrogens is 162 g/mol. The lowest BCUT2D eigenvalue weighted by Crippen LogP contribution is -2.43. The standard InChI is InChI=1S/C10H15N3/c1-9-2-3-10(8-12-9)13-6-4-11-5-7-13/h2-3,8,11H,4-7H2,1H3. The van der Waals surface area contributed by atoms with E-state index in [2.05, 4.69) is 27.3 Å². The fourth-order valence-electron chi connectivity index (χ4n) is 1.57. The van der Waals surface area contributed by atoms with Gasteiger partial charge in [-0.25, -0.2) is 0 Å². The van der Waals surface area contributed by atoms with Crippen LogP contribution in [0.3, 0.4) is 0 Å². The molecule has 0 atom stereocenters. The monoisotopic (exact) mass is 177 g/mol. The number of hydrogen-bond donors (Lipinski definition) is 1. The lowest BCUT2D eigenvalue weighted by molar-refractivity contribution is 0.588. The second-order valence-corrected chi connectivity index (χ2v) is 3.39. The highest BCUT2D eigenvalue weighted by atomic mass is 15.2. The van der Waals surface area contributed by atoms with Crippen LogP contribution < -0.4 is 10.2 Å². The van der Waals surface area contributed by atoms with Gasteiger partial charge in [-0.05, 0) is 19.1 Å². The number of hydrogen-bond acceptors (Lipinski definition) is 3. The second-order valence-electron chi connectivity index (χ2n) is 3.39. The highest BCUT2D eigenvalue weighted by molar-refractivity contribution is 5.44. The van der Waals surface area contributed by atoms with E-state index < -0.39 is 0 Å². The first-order valence-corrected chi connectivity index (χ1v) is 4.74. The van der Waals surface area contributed by atoms with Crippen molar-refractivity contribution in [2.24, 2.45) is 0 Å². The van der Waals surface area contributed by atoms with Gasteiger partial charge in [-0.15, -0.1) is 0 Å². The van der Waals surface area contributed by atoms with Crippen molar-refractivity contribution < 1.29 is 0 Å². The molecule has 0 spiro atoms. The van der Waals surface area contributed by atoms with Gasteiger partial charge in [-0.3, -0.25) is 4.98 Å². The fraction of sp³-hybridized carbons (Fsp3) is 0.500. The largest absolute Gasteiger partial charge is 0.368 e. The SMILES string of the molecule is Cc1ccc(N2CCNCC2)cn1. The molecule has 2 rings (SSSR count). The van der Waals surface area contributed by atoms with Crippen LogP contribution in [0.4, 0.5) is 5.69 Å². The highest BCUT2D eigenvalue weighted by Gasteiger charge is 2.09. The summed E-state index contributed by atoms with van der Waals surface area (Å²) in [4.78, 5) is 6.66. The zero-order valence-corrected chi connectivity index (χ0v) is 7.95. The molecule has 2 heterocycles. The third-order valence-corrected chi connectivity index (χ3v) is 2.38. The van der Waals surface area contributed by atoms with E-state index in [0.717, 1.165) is 31.9 Å². The molecule has 13 heavy (non-hydrogen) atoms. The number of aromatic nitrogens is 1. The molecule has 0 unspecified atom stereocenters. The van der Waals surface area contributed by atoms with Crippen LogP contribution in [0, 0.1) is 6.92 Å². The molecule has 1 aliphatic heterocycles. The van der Waals surface area contributed by atoms with Crippen LogP contribution in [0.2, 0.25) is 0 Å². The molecule has 1 aromatic rings. The van der Waals surface area contributed by atoms with Gasteiger partial charge in [0.2, 0.25) is 0 Å². The molecule has 0 amide bonds. The molecule has 1 fully saturated rings. The number of nitrogens with one attached hydrogen (secondary N) is 1. The van der Waals surface area contributed by atoms with Gasteiger partial charge in [0.15, 0.2) is 0 Å². The Balaban J connectivity index is 2.10. The Morgan fingerprint density at radius 2 is 2.08 bits per heavy atom. The Morgan fingerprint density at radius 1 is 1.31 bits per heavy atom. The Bertz CT molecular complexity index is 262. The molecule has 1 aliphatic rings. The minimum absolute atomic E-state index is 1.08. The summed E-state index contributed by atoms with van der Waals surface area (Å²) in [5.74, 6) is 0. The Kier molecular flexibility index (Phi) is 2.45. The number of aryl methyl sites for hydroxylation is 1. The maximum atomic E-state index is 4.29. The second kappa shape index (κ2) is 3.75. The molecule has 0 saturated carbocycles. The molecular formula is C10H15N3. The van der Waals surface area contributed by atoms with Crippen LogP contribution in [0.5, 0.6) is 0 Å². The summed E-state index contributed by atoms with van der Waals surface area (Å²) in [6.45, 7) is 6.35. The van der Waals surface area contributed by atoms with Crippen LogP contribution in [0.25, 0.3) is 0 Å². The maximum Gasteiger partial charge on any atom is 0.0553 e. The minimum atomic E-state index is 1.08. The van der Waals surface area contributed by atoms with Crippen molar-refractivity contribution in [3.8, 4) is 0 Å². The van der Waals surface area contributed by atoms with Crippen LogP contribution in [-0.2, 0) is 0 Å². The third kappa shape index (κ3) is 1.98. The highest BCUT2D eigenvalue weighted by Crippen LogP contribution is 2.12. The summed E-state index contributed by atoms with van der Waals surface area (Å²) in [7, 11) is 0. The quantitative estimate of drug-likeness (QED) is 0.687. The van der Waals surface area contributed by atoms with Crippen LogP contribution >= 0.6 is 0 Å². The van der Waals surface area contributed by atoms with Crippen molar-refractivity contribution in [1.29, 1.82) is 0 Å². The molecule has 1 saturated heterocycles. The first-order valence-electron chi connectivity index (χ1n) is 4.74. The van der Waals surface area contributed by atoms with Crippen molar-refractivity contribution in [2.75, 3.05) is 31.1 Å². The molecule has 0 aromatic carbocycles. The fourth-order valence-corrected chi connectivity index (χ4v) is 1.57. The molecule has 3 heteroatoms. The lowest BCUT2D eigenvalue weighted by Gasteiger charge is -2.29. The predicted octanol–water partition coefficient (Wildman–Crippen LogP) is 0.800. The van der Waals surface area contributed by atoms with Gasteiger partial charge in [0.1, 0.15) is 0 Å². The number of anilines is 1. The van der Waals surface area contributed by atoms with E-state index in [-0.39, 0.29) is 0 Å². The van der Waals surface area contributed by atoms with E-state index >= 15 is 0 Å². The van der Waals surface area contributed by atoms with Crippen molar-refractivity contribution in [2.45, 2.75) is 6.92 Å². The molecule has 3 nitrogen and oxygen atoms in total. The van der Waals surface area contributed by atoms with Gasteiger partial charge in [0, 0.05) is 31.9 Å². The van der Waals surface area contributed by atoms with Gasteiger partial charge < -0.3 is 10.2 Å². The zero-order valence-electron chi connectivity index (χ0n) is 7.95. The first-order chi connectivity index (χ1) is 6.36. The molecule has 70 valence electrons. The van der Waals surface area contributed by atoms with E-state index in [0.29, 0.717) is 0 Å². The van der Waals surface area contributed by atoms with Gasteiger partial charge in [-0.1, -0.05) is 0 Å². The van der Waals surface area contributed by atoms with E-state index in [1.54, 1.807) is 0 Å². The van der Waals surface area contributed by atoms with Gasteiger partial charge >= 0.3 is 0 Å². The summed E-state index contributed by atoms with van der Waals surface area (Å²) in [5, 5.41) is 3.33. The summed E-state index contributed by atoms with van der Waals surface area (Å²) in [5.41, 5.74) is 2.32. The van der Waals surface area contributed by atoms with Gasteiger partial charge in [0.25, 0.3) is 0 Å². The van der Waals surface area contributed by atoms with Crippen molar-refractivity contribution in [3.05, 3.63) is 24.0 Å². The maximum absolute atomic E-state index is 4.29. The van der Waals surface area contributed by atoms with Crippen molar-refractivity contribution in [3.63, 3.8) is 0 Å². The van der Waals surface area contributed by atoms with Crippen molar-refractivity contribution >= 4 is 5.69 Å². The predicted molar refractivity (Wildman–Crippen MR) is 54.1 cm³/mol. The average Bonchev–Trinajstić information content (AvgIpc) is 2.20. The van der Waals surface area contributed by atoms with E-state index in [1.165, 1.54) is 5.69 Å². The minimum Gasteiger partial charge on any atom is -0.368 e. The first kappa shape index (κ1) is 8.51. The summed E-state index contributed by atoms with van der Waals surface area (Å²) in [6, 6.07) is 4.21. The summed E-state index contributed by atoms with van der Waals surface area (Å²) < 4.78 is 0. The molecule has 1 aromatic heterocycles. The van der Waals surface area contributed by atoms with Crippen LogP contribution in [-0.4, -0.2) is 31.2 Å². The Morgan fingerprint density at radius 3 is 2.69 bits per heavy atom.